The summed E-state index contributed by atoms with van der Waals surface area (Å²) in [6, 6.07) is 7.14. The number of hydrogen-bond donors (Lipinski definition) is 3. The normalized spacial score (nSPS) is 17.1. The van der Waals surface area contributed by atoms with E-state index in [9.17, 15) is 4.79 Å². The third-order valence-electron chi connectivity index (χ3n) is 3.79. The Morgan fingerprint density at radius 1 is 1.40 bits per heavy atom. The van der Waals surface area contributed by atoms with Gasteiger partial charge < -0.3 is 15.8 Å². The molecule has 1 aromatic rings. The molecule has 108 valence electrons. The SMILES string of the molecule is NC(=O)C(SCc1cccc(B(O)O)c1)C1CCCC1. The van der Waals surface area contributed by atoms with Crippen LogP contribution in [0.2, 0.25) is 0 Å². The zero-order chi connectivity index (χ0) is 14.5. The maximum atomic E-state index is 11.6. The van der Waals surface area contributed by atoms with Crippen LogP contribution in [0.15, 0.2) is 24.3 Å². The number of nitrogens with two attached hydrogens (primary N) is 1. The van der Waals surface area contributed by atoms with Gasteiger partial charge in [-0.2, -0.15) is 0 Å². The fourth-order valence-corrected chi connectivity index (χ4v) is 4.00. The second-order valence-electron chi connectivity index (χ2n) is 5.30. The Hall–Kier alpha value is -0.975. The van der Waals surface area contributed by atoms with Gasteiger partial charge in [0.15, 0.2) is 0 Å². The zero-order valence-corrected chi connectivity index (χ0v) is 12.2. The first-order chi connectivity index (χ1) is 9.58. The molecule has 0 aliphatic heterocycles. The van der Waals surface area contributed by atoms with E-state index in [2.05, 4.69) is 0 Å². The molecule has 0 aromatic heterocycles. The Labute approximate surface area is 123 Å². The molecule has 1 unspecified atom stereocenters. The standard InChI is InChI=1S/C14H20BNO3S/c16-14(17)13(11-5-1-2-6-11)20-9-10-4-3-7-12(8-10)15(18)19/h3-4,7-8,11,13,18-19H,1-2,5-6,9H2,(H2,16,17). The molecule has 0 heterocycles. The van der Waals surface area contributed by atoms with Gasteiger partial charge in [0.1, 0.15) is 0 Å². The highest BCUT2D eigenvalue weighted by Crippen LogP contribution is 2.35. The molecule has 6 heteroatoms. The molecule has 4 N–H and O–H groups in total. The second kappa shape index (κ2) is 7.15. The molecule has 0 saturated heterocycles. The molecule has 0 spiro atoms. The van der Waals surface area contributed by atoms with Crippen molar-refractivity contribution in [3.05, 3.63) is 29.8 Å². The third-order valence-corrected chi connectivity index (χ3v) is 5.26. The van der Waals surface area contributed by atoms with Crippen LogP contribution in [0.1, 0.15) is 31.2 Å². The third kappa shape index (κ3) is 4.01. The lowest BCUT2D eigenvalue weighted by molar-refractivity contribution is -0.118. The lowest BCUT2D eigenvalue weighted by Gasteiger charge is -2.19. The lowest BCUT2D eigenvalue weighted by Crippen LogP contribution is -2.32. The minimum Gasteiger partial charge on any atom is -0.423 e. The zero-order valence-electron chi connectivity index (χ0n) is 11.4. The van der Waals surface area contributed by atoms with Gasteiger partial charge in [0.05, 0.1) is 5.25 Å². The van der Waals surface area contributed by atoms with Crippen LogP contribution in [-0.2, 0) is 10.5 Å². The summed E-state index contributed by atoms with van der Waals surface area (Å²) in [5.74, 6) is 0.814. The average Bonchev–Trinajstić information content (AvgIpc) is 2.93. The van der Waals surface area contributed by atoms with Crippen LogP contribution >= 0.6 is 11.8 Å². The average molecular weight is 293 g/mol. The van der Waals surface area contributed by atoms with E-state index < -0.39 is 7.12 Å². The van der Waals surface area contributed by atoms with Crippen LogP contribution < -0.4 is 11.2 Å². The van der Waals surface area contributed by atoms with Crippen molar-refractivity contribution >= 4 is 30.3 Å². The highest BCUT2D eigenvalue weighted by molar-refractivity contribution is 7.99. The monoisotopic (exact) mass is 293 g/mol. The Morgan fingerprint density at radius 2 is 2.10 bits per heavy atom. The number of primary amides is 1. The van der Waals surface area contributed by atoms with Crippen LogP contribution in [0.3, 0.4) is 0 Å². The predicted molar refractivity (Wildman–Crippen MR) is 82.5 cm³/mol. The maximum Gasteiger partial charge on any atom is 0.488 e. The van der Waals surface area contributed by atoms with Gasteiger partial charge in [-0.3, -0.25) is 4.79 Å². The van der Waals surface area contributed by atoms with Crippen molar-refractivity contribution in [3.8, 4) is 0 Å². The maximum absolute atomic E-state index is 11.6. The van der Waals surface area contributed by atoms with Gasteiger partial charge in [-0.05, 0) is 29.8 Å². The fourth-order valence-electron chi connectivity index (χ4n) is 2.74. The first-order valence-corrected chi connectivity index (χ1v) is 7.98. The van der Waals surface area contributed by atoms with E-state index in [1.165, 1.54) is 12.8 Å². The molecule has 1 amide bonds. The molecular formula is C14H20BNO3S. The molecule has 1 fully saturated rings. The van der Waals surface area contributed by atoms with Crippen LogP contribution in [0.5, 0.6) is 0 Å². The van der Waals surface area contributed by atoms with Crippen molar-refractivity contribution < 1.29 is 14.8 Å². The molecule has 1 atom stereocenters. The Kier molecular flexibility index (Phi) is 5.51. The first kappa shape index (κ1) is 15.4. The number of carbonyl (C=O) groups is 1. The number of hydrogen-bond acceptors (Lipinski definition) is 4. The predicted octanol–water partition coefficient (Wildman–Crippen LogP) is 0.644. The van der Waals surface area contributed by atoms with Crippen molar-refractivity contribution in [1.29, 1.82) is 0 Å². The topological polar surface area (TPSA) is 83.6 Å². The van der Waals surface area contributed by atoms with E-state index in [4.69, 9.17) is 15.8 Å². The minimum atomic E-state index is -1.46. The van der Waals surface area contributed by atoms with E-state index in [1.807, 2.05) is 6.07 Å². The summed E-state index contributed by atoms with van der Waals surface area (Å²) in [7, 11) is -1.46. The number of rotatable bonds is 6. The first-order valence-electron chi connectivity index (χ1n) is 6.94. The summed E-state index contributed by atoms with van der Waals surface area (Å²) in [6.45, 7) is 0. The molecular weight excluding hydrogens is 273 g/mol. The Morgan fingerprint density at radius 3 is 2.70 bits per heavy atom. The van der Waals surface area contributed by atoms with Gasteiger partial charge in [0.2, 0.25) is 5.91 Å². The smallest absolute Gasteiger partial charge is 0.423 e. The largest absolute Gasteiger partial charge is 0.488 e. The highest BCUT2D eigenvalue weighted by atomic mass is 32.2. The van der Waals surface area contributed by atoms with Gasteiger partial charge in [0.25, 0.3) is 0 Å². The Balaban J connectivity index is 1.98. The molecule has 4 nitrogen and oxygen atoms in total. The molecule has 0 bridgehead atoms. The van der Waals surface area contributed by atoms with E-state index in [1.54, 1.807) is 30.0 Å². The molecule has 0 radical (unpaired) electrons. The van der Waals surface area contributed by atoms with Crippen molar-refractivity contribution in [1.82, 2.24) is 0 Å². The van der Waals surface area contributed by atoms with E-state index in [0.717, 1.165) is 18.4 Å². The quantitative estimate of drug-likeness (QED) is 0.672. The number of amides is 1. The lowest BCUT2D eigenvalue weighted by atomic mass is 9.80. The Bertz CT molecular complexity index is 463. The van der Waals surface area contributed by atoms with E-state index >= 15 is 0 Å². The van der Waals surface area contributed by atoms with Crippen LogP contribution in [0.4, 0.5) is 0 Å². The molecule has 1 aliphatic carbocycles. The van der Waals surface area contributed by atoms with Gasteiger partial charge in [-0.25, -0.2) is 0 Å². The highest BCUT2D eigenvalue weighted by Gasteiger charge is 2.29. The van der Waals surface area contributed by atoms with Gasteiger partial charge >= 0.3 is 7.12 Å². The number of carbonyl (C=O) groups excluding carboxylic acids is 1. The number of thioether (sulfide) groups is 1. The second-order valence-corrected chi connectivity index (χ2v) is 6.43. The summed E-state index contributed by atoms with van der Waals surface area (Å²) in [5, 5.41) is 18.2. The summed E-state index contributed by atoms with van der Waals surface area (Å²) in [6.07, 6.45) is 4.52. The van der Waals surface area contributed by atoms with Crippen molar-refractivity contribution in [3.63, 3.8) is 0 Å². The summed E-state index contributed by atoms with van der Waals surface area (Å²) in [4.78, 5) is 11.6. The van der Waals surface area contributed by atoms with Crippen LogP contribution in [-0.4, -0.2) is 28.3 Å². The molecule has 1 aliphatic rings. The molecule has 1 saturated carbocycles. The molecule has 2 rings (SSSR count). The van der Waals surface area contributed by atoms with Gasteiger partial charge in [-0.15, -0.1) is 11.8 Å². The summed E-state index contributed by atoms with van der Waals surface area (Å²) < 4.78 is 0. The van der Waals surface area contributed by atoms with Gasteiger partial charge in [0, 0.05) is 5.75 Å². The van der Waals surface area contributed by atoms with Crippen LogP contribution in [0, 0.1) is 5.92 Å². The van der Waals surface area contributed by atoms with Crippen molar-refractivity contribution in [2.24, 2.45) is 11.7 Å². The summed E-state index contributed by atoms with van der Waals surface area (Å²) in [5.41, 5.74) is 6.97. The number of benzene rings is 1. The van der Waals surface area contributed by atoms with Crippen LogP contribution in [0.25, 0.3) is 0 Å². The van der Waals surface area contributed by atoms with E-state index in [0.29, 0.717) is 17.1 Å². The molecule has 1 aromatic carbocycles. The molecule has 20 heavy (non-hydrogen) atoms. The van der Waals surface area contributed by atoms with Crippen molar-refractivity contribution in [2.75, 3.05) is 0 Å². The minimum absolute atomic E-state index is 0.139. The van der Waals surface area contributed by atoms with E-state index in [-0.39, 0.29) is 11.2 Å². The van der Waals surface area contributed by atoms with Gasteiger partial charge in [-0.1, -0.05) is 37.1 Å². The fraction of sp³-hybridized carbons (Fsp3) is 0.500. The van der Waals surface area contributed by atoms with Crippen molar-refractivity contribution in [2.45, 2.75) is 36.7 Å². The summed E-state index contributed by atoms with van der Waals surface area (Å²) >= 11 is 1.56.